The molecule has 0 spiro atoms. The third kappa shape index (κ3) is 3.29. The maximum atomic E-state index is 11.2. The van der Waals surface area contributed by atoms with Crippen LogP contribution in [0.5, 0.6) is 0 Å². The van der Waals surface area contributed by atoms with Crippen molar-refractivity contribution in [2.75, 3.05) is 41.5 Å². The number of hydrogen-bond donors (Lipinski definition) is 1. The van der Waals surface area contributed by atoms with E-state index in [1.807, 2.05) is 18.2 Å². The van der Waals surface area contributed by atoms with Crippen molar-refractivity contribution in [2.45, 2.75) is 4.90 Å². The van der Waals surface area contributed by atoms with Gasteiger partial charge in [0, 0.05) is 35.7 Å². The van der Waals surface area contributed by atoms with Crippen LogP contribution in [-0.2, 0) is 9.84 Å². The van der Waals surface area contributed by atoms with E-state index in [0.717, 1.165) is 23.7 Å². The second-order valence-corrected chi connectivity index (χ2v) is 7.59. The number of rotatable bonds is 3. The Morgan fingerprint density at radius 3 is 2.94 bits per heavy atom. The van der Waals surface area contributed by atoms with Crippen LogP contribution in [0.15, 0.2) is 23.1 Å². The molecule has 0 aromatic heterocycles. The molecule has 0 aliphatic carbocycles. The fourth-order valence-electron chi connectivity index (χ4n) is 1.80. The molecule has 0 unspecified atom stereocenters. The van der Waals surface area contributed by atoms with E-state index >= 15 is 0 Å². The Balaban J connectivity index is 2.19. The largest absolute Gasteiger partial charge is 0.399 e. The molecule has 0 atom stereocenters. The predicted octanol–water partition coefficient (Wildman–Crippen LogP) is 1.23. The molecule has 0 saturated carbocycles. The Morgan fingerprint density at radius 2 is 2.24 bits per heavy atom. The minimum absolute atomic E-state index is 0.186. The number of fused-ring (bicyclic) bond motifs is 1. The fourth-order valence-corrected chi connectivity index (χ4v) is 3.38. The Kier molecular flexibility index (Phi) is 3.53. The van der Waals surface area contributed by atoms with Gasteiger partial charge >= 0.3 is 0 Å². The van der Waals surface area contributed by atoms with Gasteiger partial charge in [-0.05, 0) is 18.2 Å². The molecule has 2 rings (SSSR count). The van der Waals surface area contributed by atoms with Crippen molar-refractivity contribution >= 4 is 33.0 Å². The zero-order valence-corrected chi connectivity index (χ0v) is 11.4. The van der Waals surface area contributed by atoms with Crippen LogP contribution in [-0.4, -0.2) is 39.3 Å². The third-order valence-corrected chi connectivity index (χ3v) is 4.64. The van der Waals surface area contributed by atoms with Gasteiger partial charge in [-0.3, -0.25) is 0 Å². The van der Waals surface area contributed by atoms with E-state index in [2.05, 4.69) is 4.90 Å². The molecule has 1 aliphatic heterocycles. The fraction of sp³-hybridized carbons (Fsp3) is 0.455. The van der Waals surface area contributed by atoms with E-state index < -0.39 is 9.84 Å². The van der Waals surface area contributed by atoms with Crippen LogP contribution in [0.4, 0.5) is 11.4 Å². The van der Waals surface area contributed by atoms with Gasteiger partial charge in [0.25, 0.3) is 0 Å². The standard InChI is InChI=1S/C11H16N2O2S2/c1-17(14,15)7-5-13-4-6-16-11-3-2-9(12)8-10(11)13/h2-3,8H,4-7,12H2,1H3. The van der Waals surface area contributed by atoms with Crippen LogP contribution in [0.3, 0.4) is 0 Å². The molecule has 6 heteroatoms. The Hall–Kier alpha value is -0.880. The van der Waals surface area contributed by atoms with Gasteiger partial charge in [-0.15, -0.1) is 11.8 Å². The summed E-state index contributed by atoms with van der Waals surface area (Å²) >= 11 is 1.79. The molecule has 0 radical (unpaired) electrons. The molecule has 1 aromatic rings. The Morgan fingerprint density at radius 1 is 1.47 bits per heavy atom. The van der Waals surface area contributed by atoms with E-state index in [1.165, 1.54) is 11.2 Å². The molecule has 2 N–H and O–H groups in total. The number of benzene rings is 1. The molecule has 1 heterocycles. The SMILES string of the molecule is CS(=O)(=O)CCN1CCSc2ccc(N)cc21. The highest BCUT2D eigenvalue weighted by atomic mass is 32.2. The van der Waals surface area contributed by atoms with Crippen molar-refractivity contribution in [2.24, 2.45) is 0 Å². The number of nitrogens with two attached hydrogens (primary N) is 1. The van der Waals surface area contributed by atoms with Crippen molar-refractivity contribution < 1.29 is 8.42 Å². The summed E-state index contributed by atoms with van der Waals surface area (Å²) in [6, 6.07) is 5.80. The van der Waals surface area contributed by atoms with Crippen molar-refractivity contribution in [1.29, 1.82) is 0 Å². The Labute approximate surface area is 106 Å². The molecule has 94 valence electrons. The van der Waals surface area contributed by atoms with Gasteiger partial charge in [0.15, 0.2) is 0 Å². The number of anilines is 2. The number of thioether (sulfide) groups is 1. The molecular weight excluding hydrogens is 256 g/mol. The summed E-state index contributed by atoms with van der Waals surface area (Å²) in [7, 11) is -2.92. The Bertz CT molecular complexity index is 514. The molecule has 0 saturated heterocycles. The van der Waals surface area contributed by atoms with E-state index in [0.29, 0.717) is 6.54 Å². The highest BCUT2D eigenvalue weighted by Gasteiger charge is 2.18. The van der Waals surface area contributed by atoms with Gasteiger partial charge in [0.05, 0.1) is 11.4 Å². The van der Waals surface area contributed by atoms with Crippen molar-refractivity contribution in [3.05, 3.63) is 18.2 Å². The first-order valence-corrected chi connectivity index (χ1v) is 8.45. The number of sulfone groups is 1. The van der Waals surface area contributed by atoms with Crippen LogP contribution in [0, 0.1) is 0 Å². The predicted molar refractivity (Wildman–Crippen MR) is 73.5 cm³/mol. The molecular formula is C11H16N2O2S2. The molecule has 1 aliphatic rings. The van der Waals surface area contributed by atoms with Gasteiger partial charge in [0.1, 0.15) is 9.84 Å². The summed E-state index contributed by atoms with van der Waals surface area (Å²) in [5.41, 5.74) is 7.55. The summed E-state index contributed by atoms with van der Waals surface area (Å²) in [5, 5.41) is 0. The molecule has 0 amide bonds. The number of nitrogens with zero attached hydrogens (tertiary/aromatic N) is 1. The van der Waals surface area contributed by atoms with E-state index in [4.69, 9.17) is 5.73 Å². The average molecular weight is 272 g/mol. The van der Waals surface area contributed by atoms with Crippen molar-refractivity contribution in [3.63, 3.8) is 0 Å². The zero-order chi connectivity index (χ0) is 12.5. The van der Waals surface area contributed by atoms with Crippen LogP contribution < -0.4 is 10.6 Å². The summed E-state index contributed by atoms with van der Waals surface area (Å²) in [5.74, 6) is 1.17. The molecule has 4 nitrogen and oxygen atoms in total. The van der Waals surface area contributed by atoms with E-state index in [-0.39, 0.29) is 5.75 Å². The smallest absolute Gasteiger partial charge is 0.149 e. The van der Waals surface area contributed by atoms with Gasteiger partial charge in [-0.2, -0.15) is 0 Å². The van der Waals surface area contributed by atoms with Gasteiger partial charge in [-0.25, -0.2) is 8.42 Å². The lowest BCUT2D eigenvalue weighted by Crippen LogP contribution is -2.33. The molecule has 17 heavy (non-hydrogen) atoms. The lowest BCUT2D eigenvalue weighted by molar-refractivity contribution is 0.600. The van der Waals surface area contributed by atoms with E-state index in [1.54, 1.807) is 11.8 Å². The highest BCUT2D eigenvalue weighted by molar-refractivity contribution is 7.99. The molecule has 1 aromatic carbocycles. The number of hydrogen-bond acceptors (Lipinski definition) is 5. The van der Waals surface area contributed by atoms with Gasteiger partial charge in [0.2, 0.25) is 0 Å². The first kappa shape index (κ1) is 12.6. The van der Waals surface area contributed by atoms with Crippen LogP contribution >= 0.6 is 11.8 Å². The van der Waals surface area contributed by atoms with Crippen LogP contribution in [0.2, 0.25) is 0 Å². The average Bonchev–Trinajstić information content (AvgIpc) is 2.25. The minimum Gasteiger partial charge on any atom is -0.399 e. The summed E-state index contributed by atoms with van der Waals surface area (Å²) in [6.07, 6.45) is 1.27. The lowest BCUT2D eigenvalue weighted by atomic mass is 10.2. The molecule has 0 fully saturated rings. The van der Waals surface area contributed by atoms with Crippen molar-refractivity contribution in [1.82, 2.24) is 0 Å². The normalized spacial score (nSPS) is 15.7. The van der Waals surface area contributed by atoms with Gasteiger partial charge in [-0.1, -0.05) is 0 Å². The maximum Gasteiger partial charge on any atom is 0.149 e. The second-order valence-electron chi connectivity index (χ2n) is 4.19. The second kappa shape index (κ2) is 4.78. The topological polar surface area (TPSA) is 63.4 Å². The van der Waals surface area contributed by atoms with Crippen LogP contribution in [0.25, 0.3) is 0 Å². The number of nitrogen functional groups attached to an aromatic ring is 1. The van der Waals surface area contributed by atoms with E-state index in [9.17, 15) is 8.42 Å². The summed E-state index contributed by atoms with van der Waals surface area (Å²) in [4.78, 5) is 3.28. The van der Waals surface area contributed by atoms with Gasteiger partial charge < -0.3 is 10.6 Å². The van der Waals surface area contributed by atoms with Crippen molar-refractivity contribution in [3.8, 4) is 0 Å². The first-order valence-electron chi connectivity index (χ1n) is 5.41. The third-order valence-electron chi connectivity index (χ3n) is 2.67. The van der Waals surface area contributed by atoms with Crippen LogP contribution in [0.1, 0.15) is 0 Å². The monoisotopic (exact) mass is 272 g/mol. The lowest BCUT2D eigenvalue weighted by Gasteiger charge is -2.30. The first-order chi connectivity index (χ1) is 7.96. The quantitative estimate of drug-likeness (QED) is 0.838. The minimum atomic E-state index is -2.92. The molecule has 0 bridgehead atoms. The summed E-state index contributed by atoms with van der Waals surface area (Å²) < 4.78 is 22.4. The maximum absolute atomic E-state index is 11.2. The summed E-state index contributed by atoms with van der Waals surface area (Å²) in [6.45, 7) is 1.41. The highest BCUT2D eigenvalue weighted by Crippen LogP contribution is 2.35. The zero-order valence-electron chi connectivity index (χ0n) is 9.72.